The van der Waals surface area contributed by atoms with E-state index >= 15 is 0 Å². The zero-order chi connectivity index (χ0) is 15.2. The van der Waals surface area contributed by atoms with Crippen LogP contribution in [0.2, 0.25) is 0 Å². The third kappa shape index (κ3) is 3.64. The first kappa shape index (κ1) is 15.0. The number of thiazole rings is 1. The van der Waals surface area contributed by atoms with Gasteiger partial charge in [0.15, 0.2) is 5.13 Å². The summed E-state index contributed by atoms with van der Waals surface area (Å²) in [5, 5.41) is 15.8. The van der Waals surface area contributed by atoms with Gasteiger partial charge in [-0.2, -0.15) is 0 Å². The Morgan fingerprint density at radius 3 is 2.59 bits per heavy atom. The number of aromatic nitrogens is 1. The summed E-state index contributed by atoms with van der Waals surface area (Å²) in [6.45, 7) is 4.97. The van der Waals surface area contributed by atoms with Gasteiger partial charge < -0.3 is 10.1 Å². The Hall–Kier alpha value is -1.92. The summed E-state index contributed by atoms with van der Waals surface area (Å²) in [4.78, 5) is 9.11. The summed E-state index contributed by atoms with van der Waals surface area (Å²) in [7, 11) is 0. The molecule has 1 saturated heterocycles. The van der Waals surface area contributed by atoms with Crippen LogP contribution in [0.25, 0.3) is 0 Å². The lowest BCUT2D eigenvalue weighted by Crippen LogP contribution is -2.46. The van der Waals surface area contributed by atoms with E-state index in [0.717, 1.165) is 55.6 Å². The van der Waals surface area contributed by atoms with Crippen LogP contribution in [0.15, 0.2) is 47.1 Å². The number of hydrogen-bond donors (Lipinski definition) is 1. The average molecular weight is 316 g/mol. The zero-order valence-corrected chi connectivity index (χ0v) is 13.2. The molecule has 2 heterocycles. The maximum Gasteiger partial charge on any atom is 0.185 e. The molecule has 6 heteroatoms. The third-order valence-electron chi connectivity index (χ3n) is 3.95. The second-order valence-corrected chi connectivity index (χ2v) is 6.18. The van der Waals surface area contributed by atoms with E-state index in [1.807, 2.05) is 41.9 Å². The number of hydrogen-bond acceptors (Lipinski definition) is 6. The van der Waals surface area contributed by atoms with Crippen LogP contribution in [0.5, 0.6) is 0 Å². The first-order chi connectivity index (χ1) is 10.9. The van der Waals surface area contributed by atoms with Crippen molar-refractivity contribution < 1.29 is 5.21 Å². The monoisotopic (exact) mass is 316 g/mol. The lowest BCUT2D eigenvalue weighted by atomic mass is 10.1. The number of oxime groups is 1. The Labute approximate surface area is 134 Å². The molecular weight excluding hydrogens is 296 g/mol. The molecule has 0 saturated carbocycles. The highest BCUT2D eigenvalue weighted by Gasteiger charge is 2.19. The van der Waals surface area contributed by atoms with Gasteiger partial charge in [0, 0.05) is 50.7 Å². The van der Waals surface area contributed by atoms with Crippen LogP contribution in [0, 0.1) is 0 Å². The predicted octanol–water partition coefficient (Wildman–Crippen LogP) is 2.53. The van der Waals surface area contributed by atoms with Crippen LogP contribution >= 0.6 is 11.3 Å². The maximum atomic E-state index is 9.23. The van der Waals surface area contributed by atoms with Gasteiger partial charge >= 0.3 is 0 Å². The summed E-state index contributed by atoms with van der Waals surface area (Å²) in [5.74, 6) is 0. The highest BCUT2D eigenvalue weighted by molar-refractivity contribution is 7.13. The van der Waals surface area contributed by atoms with Crippen LogP contribution in [-0.4, -0.2) is 53.5 Å². The molecule has 1 fully saturated rings. The van der Waals surface area contributed by atoms with E-state index in [-0.39, 0.29) is 0 Å². The number of piperazine rings is 1. The Balaban J connectivity index is 1.49. The Kier molecular flexibility index (Phi) is 5.03. The summed E-state index contributed by atoms with van der Waals surface area (Å²) in [6.07, 6.45) is 2.62. The largest absolute Gasteiger partial charge is 0.411 e. The first-order valence-corrected chi connectivity index (χ1v) is 8.38. The minimum absolute atomic E-state index is 0.753. The predicted molar refractivity (Wildman–Crippen MR) is 90.1 cm³/mol. The smallest absolute Gasteiger partial charge is 0.185 e. The Morgan fingerprint density at radius 1 is 1.18 bits per heavy atom. The highest BCUT2D eigenvalue weighted by atomic mass is 32.1. The molecule has 0 aliphatic carbocycles. The van der Waals surface area contributed by atoms with Gasteiger partial charge in [0.05, 0.1) is 5.71 Å². The number of nitrogens with zero attached hydrogens (tertiary/aromatic N) is 4. The average Bonchev–Trinajstić information content (AvgIpc) is 3.11. The molecule has 116 valence electrons. The van der Waals surface area contributed by atoms with Crippen LogP contribution in [0.4, 0.5) is 5.13 Å². The zero-order valence-electron chi connectivity index (χ0n) is 12.4. The van der Waals surface area contributed by atoms with Gasteiger partial charge in [-0.3, -0.25) is 4.90 Å². The van der Waals surface area contributed by atoms with Crippen molar-refractivity contribution in [1.82, 2.24) is 9.88 Å². The minimum Gasteiger partial charge on any atom is -0.411 e. The normalized spacial score (nSPS) is 16.9. The summed E-state index contributed by atoms with van der Waals surface area (Å²) in [6, 6.07) is 9.86. The van der Waals surface area contributed by atoms with Crippen molar-refractivity contribution in [3.63, 3.8) is 0 Å². The van der Waals surface area contributed by atoms with Crippen LogP contribution in [0.3, 0.4) is 0 Å². The fourth-order valence-electron chi connectivity index (χ4n) is 2.68. The molecule has 1 aliphatic heterocycles. The number of anilines is 1. The van der Waals surface area contributed by atoms with E-state index in [2.05, 4.69) is 19.9 Å². The van der Waals surface area contributed by atoms with Crippen molar-refractivity contribution in [3.8, 4) is 0 Å². The topological polar surface area (TPSA) is 52.0 Å². The molecule has 0 bridgehead atoms. The molecular formula is C16H20N4OS. The standard InChI is InChI=1S/C16H20N4OS/c21-18-15(14-4-2-1-3-5-14)6-8-19-9-11-20(12-10-19)16-17-7-13-22-16/h1-5,7,13,21H,6,8-12H2/b18-15+. The third-order valence-corrected chi connectivity index (χ3v) is 4.79. The highest BCUT2D eigenvalue weighted by Crippen LogP contribution is 2.19. The van der Waals surface area contributed by atoms with Crippen LogP contribution < -0.4 is 4.90 Å². The molecule has 1 aromatic heterocycles. The SMILES string of the molecule is O/N=C(\CCN1CCN(c2nccs2)CC1)c1ccccc1. The van der Waals surface area contributed by atoms with Crippen molar-refractivity contribution in [3.05, 3.63) is 47.5 Å². The lowest BCUT2D eigenvalue weighted by molar-refractivity contribution is 0.262. The van der Waals surface area contributed by atoms with E-state index < -0.39 is 0 Å². The molecule has 0 amide bonds. The molecule has 0 radical (unpaired) electrons. The van der Waals surface area contributed by atoms with Crippen LogP contribution in [-0.2, 0) is 0 Å². The molecule has 3 rings (SSSR count). The molecule has 2 aromatic rings. The molecule has 0 spiro atoms. The second kappa shape index (κ2) is 7.38. The molecule has 1 aliphatic rings. The lowest BCUT2D eigenvalue weighted by Gasteiger charge is -2.34. The summed E-state index contributed by atoms with van der Waals surface area (Å²) in [5.41, 5.74) is 1.74. The van der Waals surface area contributed by atoms with Crippen molar-refractivity contribution in [1.29, 1.82) is 0 Å². The molecule has 0 unspecified atom stereocenters. The maximum absolute atomic E-state index is 9.23. The Morgan fingerprint density at radius 2 is 1.95 bits per heavy atom. The fraction of sp³-hybridized carbons (Fsp3) is 0.375. The first-order valence-electron chi connectivity index (χ1n) is 7.50. The summed E-state index contributed by atoms with van der Waals surface area (Å²) >= 11 is 1.69. The molecule has 22 heavy (non-hydrogen) atoms. The number of benzene rings is 1. The van der Waals surface area contributed by atoms with Gasteiger partial charge in [0.2, 0.25) is 0 Å². The molecule has 0 atom stereocenters. The molecule has 1 aromatic carbocycles. The Bertz CT molecular complexity index is 592. The van der Waals surface area contributed by atoms with Crippen molar-refractivity contribution >= 4 is 22.2 Å². The van der Waals surface area contributed by atoms with Crippen molar-refractivity contribution in [2.24, 2.45) is 5.16 Å². The number of rotatable bonds is 5. The van der Waals surface area contributed by atoms with Crippen molar-refractivity contribution in [2.75, 3.05) is 37.6 Å². The van der Waals surface area contributed by atoms with Gasteiger partial charge in [-0.1, -0.05) is 35.5 Å². The summed E-state index contributed by atoms with van der Waals surface area (Å²) < 4.78 is 0. The van der Waals surface area contributed by atoms with E-state index in [1.54, 1.807) is 11.3 Å². The van der Waals surface area contributed by atoms with Crippen molar-refractivity contribution in [2.45, 2.75) is 6.42 Å². The molecule has 5 nitrogen and oxygen atoms in total. The van der Waals surface area contributed by atoms with Gasteiger partial charge in [0.25, 0.3) is 0 Å². The van der Waals surface area contributed by atoms with E-state index in [0.29, 0.717) is 0 Å². The fourth-order valence-corrected chi connectivity index (χ4v) is 3.38. The molecule has 1 N–H and O–H groups in total. The van der Waals surface area contributed by atoms with E-state index in [9.17, 15) is 5.21 Å². The second-order valence-electron chi connectivity index (χ2n) is 5.31. The van der Waals surface area contributed by atoms with E-state index in [1.165, 1.54) is 0 Å². The quantitative estimate of drug-likeness (QED) is 0.523. The van der Waals surface area contributed by atoms with Gasteiger partial charge in [-0.05, 0) is 5.56 Å². The van der Waals surface area contributed by atoms with Gasteiger partial charge in [0.1, 0.15) is 0 Å². The van der Waals surface area contributed by atoms with Gasteiger partial charge in [-0.15, -0.1) is 11.3 Å². The van der Waals surface area contributed by atoms with Crippen LogP contribution in [0.1, 0.15) is 12.0 Å². The minimum atomic E-state index is 0.753. The van der Waals surface area contributed by atoms with Gasteiger partial charge in [-0.25, -0.2) is 4.98 Å². The van der Waals surface area contributed by atoms with E-state index in [4.69, 9.17) is 0 Å².